The summed E-state index contributed by atoms with van der Waals surface area (Å²) in [5, 5.41) is 8.60. The fourth-order valence-electron chi connectivity index (χ4n) is 2.67. The van der Waals surface area contributed by atoms with Gasteiger partial charge in [0.25, 0.3) is 0 Å². The lowest BCUT2D eigenvalue weighted by Crippen LogP contribution is -2.27. The van der Waals surface area contributed by atoms with E-state index in [2.05, 4.69) is 26.2 Å². The zero-order chi connectivity index (χ0) is 29.2. The van der Waals surface area contributed by atoms with Gasteiger partial charge in [-0.05, 0) is 83.5 Å². The number of hydrogen-bond acceptors (Lipinski definition) is 11. The van der Waals surface area contributed by atoms with Crippen molar-refractivity contribution in [3.63, 3.8) is 0 Å². The van der Waals surface area contributed by atoms with E-state index in [4.69, 9.17) is 33.9 Å². The Balaban J connectivity index is 0. The second-order valence-corrected chi connectivity index (χ2v) is 15.5. The molecule has 2 unspecified atom stereocenters. The molecule has 0 rings (SSSR count). The van der Waals surface area contributed by atoms with Gasteiger partial charge in [0.1, 0.15) is 14.0 Å². The van der Waals surface area contributed by atoms with Gasteiger partial charge in [0.2, 0.25) is 0 Å². The second kappa shape index (κ2) is 27.2. The van der Waals surface area contributed by atoms with Crippen LogP contribution in [0.3, 0.4) is 0 Å². The molecule has 0 saturated heterocycles. The smallest absolute Gasteiger partial charge is 0.319 e. The Bertz CT molecular complexity index is 696. The van der Waals surface area contributed by atoms with Crippen molar-refractivity contribution in [1.82, 2.24) is 0 Å². The number of carbonyl (C=O) groups excluding carboxylic acids is 2. The number of rotatable bonds is 20. The van der Waals surface area contributed by atoms with Crippen LogP contribution in [0.2, 0.25) is 0 Å². The third-order valence-electron chi connectivity index (χ3n) is 5.04. The van der Waals surface area contributed by atoms with Crippen LogP contribution in [0, 0.1) is 16.7 Å². The number of hydrogen-bond donors (Lipinski definition) is 0. The van der Waals surface area contributed by atoms with E-state index in [1.807, 2.05) is 25.6 Å². The molecule has 11 heteroatoms. The maximum atomic E-state index is 12.6. The lowest BCUT2D eigenvalue weighted by molar-refractivity contribution is -0.144. The molecule has 2 atom stereocenters. The Kier molecular flexibility index (Phi) is 28.7. The first-order valence-corrected chi connectivity index (χ1v) is 18.3. The van der Waals surface area contributed by atoms with Gasteiger partial charge in [-0.15, -0.1) is 23.5 Å². The molecule has 38 heavy (non-hydrogen) atoms. The fourth-order valence-corrected chi connectivity index (χ4v) is 7.06. The maximum Gasteiger partial charge on any atom is 0.319 e. The van der Waals surface area contributed by atoms with Crippen LogP contribution in [0.5, 0.6) is 0 Å². The van der Waals surface area contributed by atoms with Gasteiger partial charge in [0.05, 0.1) is 24.7 Å². The van der Waals surface area contributed by atoms with Crippen molar-refractivity contribution in [3.8, 4) is 6.07 Å². The fraction of sp³-hybridized carbons (Fsp3) is 0.815. The predicted molar refractivity (Wildman–Crippen MR) is 180 cm³/mol. The molecule has 0 aliphatic rings. The minimum Gasteiger partial charge on any atom is -0.465 e. The second-order valence-electron chi connectivity index (χ2n) is 9.23. The van der Waals surface area contributed by atoms with Gasteiger partial charge < -0.3 is 9.47 Å². The summed E-state index contributed by atoms with van der Waals surface area (Å²) in [6, 6.07) is 2.25. The number of thiocarbonyl (C=S) groups is 2. The predicted octanol–water partition coefficient (Wildman–Crippen LogP) is 8.72. The van der Waals surface area contributed by atoms with Gasteiger partial charge in [0.15, 0.2) is 0 Å². The number of nitrogens with zero attached hydrogens (tertiary/aromatic N) is 1. The van der Waals surface area contributed by atoms with E-state index in [1.165, 1.54) is 46.8 Å². The molecule has 0 amide bonds. The van der Waals surface area contributed by atoms with Crippen LogP contribution in [0.4, 0.5) is 0 Å². The summed E-state index contributed by atoms with van der Waals surface area (Å²) in [6.07, 6.45) is 10.7. The van der Waals surface area contributed by atoms with E-state index in [9.17, 15) is 14.9 Å². The quantitative estimate of drug-likeness (QED) is 0.0727. The van der Waals surface area contributed by atoms with Gasteiger partial charge in [-0.3, -0.25) is 9.59 Å². The summed E-state index contributed by atoms with van der Waals surface area (Å²) in [7, 11) is 0. The largest absolute Gasteiger partial charge is 0.465 e. The van der Waals surface area contributed by atoms with Crippen molar-refractivity contribution >= 4 is 91.7 Å². The maximum absolute atomic E-state index is 12.6. The molecular weight excluding hydrogens is 595 g/mol. The van der Waals surface area contributed by atoms with Gasteiger partial charge in [-0.25, -0.2) is 0 Å². The average Bonchev–Trinajstić information content (AvgIpc) is 2.88. The zero-order valence-corrected chi connectivity index (χ0v) is 28.9. The van der Waals surface area contributed by atoms with E-state index in [1.54, 1.807) is 18.7 Å². The molecule has 0 aromatic carbocycles. The first kappa shape index (κ1) is 40.2. The lowest BCUT2D eigenvalue weighted by Gasteiger charge is -2.22. The van der Waals surface area contributed by atoms with Crippen LogP contribution in [0.1, 0.15) is 92.4 Å². The number of ether oxygens (including phenoxy) is 2. The van der Waals surface area contributed by atoms with Crippen LogP contribution in [0.15, 0.2) is 0 Å². The minimum atomic E-state index is -0.628. The van der Waals surface area contributed by atoms with Crippen molar-refractivity contribution in [2.45, 2.75) is 103 Å². The van der Waals surface area contributed by atoms with Gasteiger partial charge >= 0.3 is 11.9 Å². The van der Waals surface area contributed by atoms with Gasteiger partial charge in [-0.2, -0.15) is 17.0 Å². The molecule has 0 bridgehead atoms. The van der Waals surface area contributed by atoms with Crippen LogP contribution in [0.25, 0.3) is 0 Å². The Morgan fingerprint density at radius 1 is 0.974 bits per heavy atom. The highest BCUT2D eigenvalue weighted by Crippen LogP contribution is 2.32. The highest BCUT2D eigenvalue weighted by molar-refractivity contribution is 8.47. The molecule has 220 valence electrons. The van der Waals surface area contributed by atoms with Gasteiger partial charge in [0, 0.05) is 4.70 Å². The van der Waals surface area contributed by atoms with Crippen LogP contribution >= 0.6 is 71.5 Å². The van der Waals surface area contributed by atoms with E-state index >= 15 is 0 Å². The molecule has 0 N–H and O–H groups in total. The first-order chi connectivity index (χ1) is 18.1. The summed E-state index contributed by atoms with van der Waals surface area (Å²) >= 11 is 16.3. The first-order valence-electron chi connectivity index (χ1n) is 13.2. The van der Waals surface area contributed by atoms with E-state index < -0.39 is 10.7 Å². The molecule has 0 fully saturated rings. The Hall–Kier alpha value is 0.01000. The average molecular weight is 642 g/mol. The van der Waals surface area contributed by atoms with Crippen LogP contribution in [-0.2, 0) is 19.1 Å². The van der Waals surface area contributed by atoms with Gasteiger partial charge in [-0.1, -0.05) is 62.9 Å². The molecular formula is C27H47NO4S6. The van der Waals surface area contributed by atoms with Crippen molar-refractivity contribution in [1.29, 1.82) is 5.26 Å². The number of carbonyl (C=O) groups is 2. The van der Waals surface area contributed by atoms with Crippen molar-refractivity contribution in [2.75, 3.05) is 31.0 Å². The molecule has 0 saturated carbocycles. The number of nitriles is 1. The summed E-state index contributed by atoms with van der Waals surface area (Å²) in [5.74, 6) is 1.71. The summed E-state index contributed by atoms with van der Waals surface area (Å²) < 4.78 is 12.9. The molecule has 0 spiro atoms. The highest BCUT2D eigenvalue weighted by atomic mass is 32.2. The zero-order valence-electron chi connectivity index (χ0n) is 24.0. The Labute approximate surface area is 259 Å². The van der Waals surface area contributed by atoms with Crippen molar-refractivity contribution in [2.24, 2.45) is 5.41 Å². The highest BCUT2D eigenvalue weighted by Gasteiger charge is 2.30. The molecule has 0 aliphatic heterocycles. The monoisotopic (exact) mass is 641 g/mol. The SMILES string of the molecule is CCCCSC.CCCCSC(=S)SC(CC(C)(C)C#N)C(=O)OCCCCCCOC(=O)C(C)SC=S. The van der Waals surface area contributed by atoms with Crippen molar-refractivity contribution < 1.29 is 19.1 Å². The molecule has 5 nitrogen and oxygen atoms in total. The summed E-state index contributed by atoms with van der Waals surface area (Å²) in [5.41, 5.74) is -0.628. The Morgan fingerprint density at radius 3 is 2.00 bits per heavy atom. The number of unbranched alkanes of at least 4 members (excludes halogenated alkanes) is 5. The molecule has 0 radical (unpaired) electrons. The molecule has 0 aromatic rings. The van der Waals surface area contributed by atoms with E-state index in [0.29, 0.717) is 19.6 Å². The van der Waals surface area contributed by atoms with Crippen molar-refractivity contribution in [3.05, 3.63) is 0 Å². The lowest BCUT2D eigenvalue weighted by atomic mass is 9.89. The van der Waals surface area contributed by atoms with E-state index in [0.717, 1.165) is 47.8 Å². The topological polar surface area (TPSA) is 76.4 Å². The van der Waals surface area contributed by atoms with Crippen LogP contribution in [-0.4, -0.2) is 61.6 Å². The molecule has 0 heterocycles. The Morgan fingerprint density at radius 2 is 1.53 bits per heavy atom. The standard InChI is InChI=1S/C22H35NO4S5.C5H12S/c1-5-6-13-30-21(29)32-18(14-22(3,4)15-23)20(25)27-12-10-8-7-9-11-26-19(24)17(2)31-16-28;1-3-4-5-6-2/h16-18H,5-14H2,1-4H3;3-5H2,1-2H3. The third-order valence-corrected chi connectivity index (χ3v) is 9.63. The normalized spacial score (nSPS) is 12.3. The summed E-state index contributed by atoms with van der Waals surface area (Å²) in [6.45, 7) is 10.5. The van der Waals surface area contributed by atoms with Crippen LogP contribution < -0.4 is 0 Å². The summed E-state index contributed by atoms with van der Waals surface area (Å²) in [4.78, 5) is 24.3. The van der Waals surface area contributed by atoms with E-state index in [-0.39, 0.29) is 17.2 Å². The minimum absolute atomic E-state index is 0.250. The third kappa shape index (κ3) is 25.0. The molecule has 0 aliphatic carbocycles. The number of thioether (sulfide) groups is 4. The molecule has 0 aromatic heterocycles. The number of esters is 2.